The highest BCUT2D eigenvalue weighted by Gasteiger charge is 2.27. The zero-order valence-corrected chi connectivity index (χ0v) is 10.8. The van der Waals surface area contributed by atoms with Crippen molar-refractivity contribution in [2.24, 2.45) is 5.73 Å². The lowest BCUT2D eigenvalue weighted by atomic mass is 10.3. The second-order valence-electron chi connectivity index (χ2n) is 3.58. The number of nitrogens with zero attached hydrogens (tertiary/aromatic N) is 1. The molecular weight excluding hydrogens is 232 g/mol. The number of sulfone groups is 1. The first-order chi connectivity index (χ1) is 7.34. The molecule has 0 aromatic heterocycles. The normalized spacial score (nSPS) is 13.5. The van der Waals surface area contributed by atoms with Crippen LogP contribution in [0.2, 0.25) is 0 Å². The number of ether oxygens (including phenoxy) is 1. The summed E-state index contributed by atoms with van der Waals surface area (Å²) in [5.41, 5.74) is 5.36. The van der Waals surface area contributed by atoms with Crippen LogP contribution in [0.1, 0.15) is 6.92 Å². The van der Waals surface area contributed by atoms with Crippen LogP contribution in [0.3, 0.4) is 0 Å². The van der Waals surface area contributed by atoms with Crippen molar-refractivity contribution in [1.82, 2.24) is 4.90 Å². The van der Waals surface area contributed by atoms with E-state index >= 15 is 0 Å². The molecule has 0 aromatic carbocycles. The van der Waals surface area contributed by atoms with E-state index in [2.05, 4.69) is 0 Å². The summed E-state index contributed by atoms with van der Waals surface area (Å²) in [5, 5.41) is -1.03. The maximum atomic E-state index is 11.8. The molecule has 7 heteroatoms. The van der Waals surface area contributed by atoms with Crippen LogP contribution in [-0.2, 0) is 19.4 Å². The summed E-state index contributed by atoms with van der Waals surface area (Å²) < 4.78 is 27.3. The van der Waals surface area contributed by atoms with Gasteiger partial charge in [-0.15, -0.1) is 0 Å². The Bertz CT molecular complexity index is 315. The second-order valence-corrected chi connectivity index (χ2v) is 5.94. The summed E-state index contributed by atoms with van der Waals surface area (Å²) in [6, 6.07) is 0. The minimum atomic E-state index is -3.36. The first-order valence-electron chi connectivity index (χ1n) is 5.01. The number of carbonyl (C=O) groups is 1. The first kappa shape index (κ1) is 15.3. The molecule has 1 atom stereocenters. The molecule has 0 aliphatic rings. The van der Waals surface area contributed by atoms with Gasteiger partial charge in [0, 0.05) is 33.0 Å². The van der Waals surface area contributed by atoms with Crippen molar-refractivity contribution in [2.45, 2.75) is 12.2 Å². The first-order valence-corrected chi connectivity index (χ1v) is 6.96. The summed E-state index contributed by atoms with van der Waals surface area (Å²) in [6.45, 7) is 2.73. The number of carbonyl (C=O) groups excluding carboxylic acids is 1. The molecule has 0 saturated carbocycles. The highest BCUT2D eigenvalue weighted by Crippen LogP contribution is 2.03. The van der Waals surface area contributed by atoms with Crippen molar-refractivity contribution in [3.63, 3.8) is 0 Å². The number of nitrogens with two attached hydrogens (primary N) is 1. The van der Waals surface area contributed by atoms with Gasteiger partial charge in [0.25, 0.3) is 0 Å². The Morgan fingerprint density at radius 3 is 2.38 bits per heavy atom. The average molecular weight is 252 g/mol. The quantitative estimate of drug-likeness (QED) is 0.618. The smallest absolute Gasteiger partial charge is 0.240 e. The molecule has 0 saturated heterocycles. The van der Waals surface area contributed by atoms with Crippen molar-refractivity contribution < 1.29 is 17.9 Å². The molecule has 0 aliphatic carbocycles. The van der Waals surface area contributed by atoms with Crippen molar-refractivity contribution in [1.29, 1.82) is 0 Å². The summed E-state index contributed by atoms with van der Waals surface area (Å²) in [4.78, 5) is 13.2. The molecule has 2 N–H and O–H groups in total. The molecule has 0 spiro atoms. The molecule has 96 valence electrons. The Morgan fingerprint density at radius 2 is 2.00 bits per heavy atom. The van der Waals surface area contributed by atoms with Crippen LogP contribution in [0.15, 0.2) is 0 Å². The molecule has 0 aromatic rings. The van der Waals surface area contributed by atoms with Gasteiger partial charge in [-0.2, -0.15) is 0 Å². The van der Waals surface area contributed by atoms with Gasteiger partial charge in [0.05, 0.1) is 6.61 Å². The minimum Gasteiger partial charge on any atom is -0.383 e. The molecule has 6 nitrogen and oxygen atoms in total. The number of hydrogen-bond donors (Lipinski definition) is 1. The van der Waals surface area contributed by atoms with Crippen LogP contribution in [0.4, 0.5) is 0 Å². The van der Waals surface area contributed by atoms with Crippen molar-refractivity contribution >= 4 is 15.7 Å². The monoisotopic (exact) mass is 252 g/mol. The number of hydrogen-bond acceptors (Lipinski definition) is 5. The van der Waals surface area contributed by atoms with Crippen LogP contribution < -0.4 is 5.73 Å². The van der Waals surface area contributed by atoms with Crippen LogP contribution in [-0.4, -0.2) is 64.1 Å². The van der Waals surface area contributed by atoms with Crippen molar-refractivity contribution in [2.75, 3.05) is 39.6 Å². The van der Waals surface area contributed by atoms with Gasteiger partial charge in [0.1, 0.15) is 5.25 Å². The van der Waals surface area contributed by atoms with E-state index in [1.165, 1.54) is 18.9 Å². The van der Waals surface area contributed by atoms with E-state index < -0.39 is 21.0 Å². The van der Waals surface area contributed by atoms with Crippen LogP contribution in [0.25, 0.3) is 0 Å². The highest BCUT2D eigenvalue weighted by molar-refractivity contribution is 7.92. The Labute approximate surface area is 96.7 Å². The fourth-order valence-electron chi connectivity index (χ4n) is 1.13. The zero-order valence-electron chi connectivity index (χ0n) is 9.97. The molecule has 0 rings (SSSR count). The number of methoxy groups -OCH3 is 1. The summed E-state index contributed by atoms with van der Waals surface area (Å²) in [5.74, 6) is -0.426. The van der Waals surface area contributed by atoms with Gasteiger partial charge in [-0.25, -0.2) is 8.42 Å². The third-order valence-corrected chi connectivity index (χ3v) is 3.75. The van der Waals surface area contributed by atoms with E-state index in [1.54, 1.807) is 0 Å². The minimum absolute atomic E-state index is 0.298. The van der Waals surface area contributed by atoms with Crippen LogP contribution in [0.5, 0.6) is 0 Å². The topological polar surface area (TPSA) is 89.7 Å². The third-order valence-electron chi connectivity index (χ3n) is 2.27. The maximum Gasteiger partial charge on any atom is 0.240 e. The predicted octanol–water partition coefficient (Wildman–Crippen LogP) is -1.15. The van der Waals surface area contributed by atoms with Gasteiger partial charge in [0.15, 0.2) is 9.84 Å². The standard InChI is InChI=1S/C9H20N2O4S/c1-8(16(3,13)14)9(12)11(5-4-10)6-7-15-2/h8H,4-7,10H2,1-3H3. The fraction of sp³-hybridized carbons (Fsp3) is 0.889. The van der Waals surface area contributed by atoms with E-state index in [0.717, 1.165) is 6.26 Å². The third kappa shape index (κ3) is 4.91. The molecule has 1 amide bonds. The van der Waals surface area contributed by atoms with E-state index in [-0.39, 0.29) is 0 Å². The average Bonchev–Trinajstić information content (AvgIpc) is 2.20. The molecule has 0 radical (unpaired) electrons. The molecule has 1 unspecified atom stereocenters. The van der Waals surface area contributed by atoms with Crippen LogP contribution >= 0.6 is 0 Å². The predicted molar refractivity (Wildman–Crippen MR) is 61.8 cm³/mol. The lowest BCUT2D eigenvalue weighted by molar-refractivity contribution is -0.130. The largest absolute Gasteiger partial charge is 0.383 e. The van der Waals surface area contributed by atoms with E-state index in [0.29, 0.717) is 26.2 Å². The van der Waals surface area contributed by atoms with E-state index in [1.807, 2.05) is 0 Å². The van der Waals surface area contributed by atoms with Crippen molar-refractivity contribution in [3.05, 3.63) is 0 Å². The van der Waals surface area contributed by atoms with Gasteiger partial charge < -0.3 is 15.4 Å². The summed E-state index contributed by atoms with van der Waals surface area (Å²) in [6.07, 6.45) is 1.05. The summed E-state index contributed by atoms with van der Waals surface area (Å²) >= 11 is 0. The highest BCUT2D eigenvalue weighted by atomic mass is 32.2. The van der Waals surface area contributed by atoms with E-state index in [4.69, 9.17) is 10.5 Å². The van der Waals surface area contributed by atoms with Crippen molar-refractivity contribution in [3.8, 4) is 0 Å². The Kier molecular flexibility index (Phi) is 6.54. The maximum absolute atomic E-state index is 11.8. The van der Waals surface area contributed by atoms with Gasteiger partial charge in [-0.3, -0.25) is 4.79 Å². The fourth-order valence-corrected chi connectivity index (χ4v) is 1.65. The van der Waals surface area contributed by atoms with Gasteiger partial charge in [-0.1, -0.05) is 0 Å². The molecular formula is C9H20N2O4S. The van der Waals surface area contributed by atoms with Gasteiger partial charge >= 0.3 is 0 Å². The van der Waals surface area contributed by atoms with Crippen LogP contribution in [0, 0.1) is 0 Å². The molecule has 0 fully saturated rings. The lowest BCUT2D eigenvalue weighted by Crippen LogP contribution is -2.44. The Hall–Kier alpha value is -0.660. The molecule has 0 aliphatic heterocycles. The summed E-state index contributed by atoms with van der Waals surface area (Å²) in [7, 11) is -1.84. The second kappa shape index (κ2) is 6.82. The van der Waals surface area contributed by atoms with Gasteiger partial charge in [-0.05, 0) is 6.92 Å². The Balaban J connectivity index is 4.60. The van der Waals surface area contributed by atoms with Gasteiger partial charge in [0.2, 0.25) is 5.91 Å². The Morgan fingerprint density at radius 1 is 1.44 bits per heavy atom. The zero-order chi connectivity index (χ0) is 12.8. The number of amides is 1. The SMILES string of the molecule is COCCN(CCN)C(=O)C(C)S(C)(=O)=O. The molecule has 0 heterocycles. The lowest BCUT2D eigenvalue weighted by Gasteiger charge is -2.24. The molecule has 16 heavy (non-hydrogen) atoms. The number of rotatable bonds is 7. The molecule has 0 bridgehead atoms. The van der Waals surface area contributed by atoms with E-state index in [9.17, 15) is 13.2 Å².